The van der Waals surface area contributed by atoms with Crippen molar-refractivity contribution in [3.8, 4) is 0 Å². The maximum absolute atomic E-state index is 12.7. The molecule has 6 heteroatoms. The second kappa shape index (κ2) is 7.70. The van der Waals surface area contributed by atoms with Gasteiger partial charge in [-0.2, -0.15) is 0 Å². The van der Waals surface area contributed by atoms with Gasteiger partial charge in [0.15, 0.2) is 5.78 Å². The Hall–Kier alpha value is -3.02. The Kier molecular flexibility index (Phi) is 5.64. The molecule has 0 radical (unpaired) electrons. The van der Waals surface area contributed by atoms with E-state index in [2.05, 4.69) is 5.32 Å². The van der Waals surface area contributed by atoms with Crippen LogP contribution >= 0.6 is 0 Å². The van der Waals surface area contributed by atoms with E-state index in [1.165, 1.54) is 19.1 Å². The first-order chi connectivity index (χ1) is 11.8. The number of hydrogen-bond donors (Lipinski definition) is 1. The Morgan fingerprint density at radius 3 is 2.00 bits per heavy atom. The molecule has 6 nitrogen and oxygen atoms in total. The molecular formula is C19H20N2O4. The summed E-state index contributed by atoms with van der Waals surface area (Å²) in [5.74, 6) is -0.658. The molecule has 0 aliphatic carbocycles. The number of rotatable bonds is 6. The van der Waals surface area contributed by atoms with Gasteiger partial charge in [-0.15, -0.1) is 0 Å². The fourth-order valence-corrected chi connectivity index (χ4v) is 2.65. The molecular weight excluding hydrogens is 320 g/mol. The van der Waals surface area contributed by atoms with Gasteiger partial charge < -0.3 is 5.32 Å². The summed E-state index contributed by atoms with van der Waals surface area (Å²) in [6, 6.07) is 12.7. The van der Waals surface area contributed by atoms with E-state index in [4.69, 9.17) is 0 Å². The molecule has 1 amide bonds. The maximum atomic E-state index is 12.7. The third kappa shape index (κ3) is 4.50. The van der Waals surface area contributed by atoms with Gasteiger partial charge in [0.1, 0.15) is 0 Å². The van der Waals surface area contributed by atoms with Crippen LogP contribution < -0.4 is 5.32 Å². The lowest BCUT2D eigenvalue weighted by molar-refractivity contribution is -0.384. The molecule has 2 aromatic rings. The van der Waals surface area contributed by atoms with Crippen LogP contribution in [0.5, 0.6) is 0 Å². The van der Waals surface area contributed by atoms with Crippen molar-refractivity contribution >= 4 is 23.1 Å². The normalized spacial score (nSPS) is 11.8. The van der Waals surface area contributed by atoms with E-state index in [0.29, 0.717) is 11.3 Å². The van der Waals surface area contributed by atoms with Gasteiger partial charge in [0.25, 0.3) is 5.69 Å². The number of Topliss-reactive ketones (excluding diaryl/α,β-unsaturated/α-hetero) is 1. The quantitative estimate of drug-likeness (QED) is 0.485. The molecule has 1 atom stereocenters. The van der Waals surface area contributed by atoms with E-state index in [9.17, 15) is 19.7 Å². The number of nitro benzene ring substituents is 1. The SMILES string of the molecule is CC(=O)c1ccc(NC(=O)C(c2ccc([N+](=O)[O-])cc2)C(C)C)cc1. The minimum absolute atomic E-state index is 0.00788. The molecule has 0 heterocycles. The highest BCUT2D eigenvalue weighted by molar-refractivity contribution is 5.97. The number of benzene rings is 2. The first kappa shape index (κ1) is 18.3. The Morgan fingerprint density at radius 2 is 1.56 bits per heavy atom. The number of nitro groups is 1. The molecule has 0 spiro atoms. The van der Waals surface area contributed by atoms with Crippen molar-refractivity contribution in [1.82, 2.24) is 0 Å². The van der Waals surface area contributed by atoms with Crippen LogP contribution in [0.4, 0.5) is 11.4 Å². The zero-order valence-corrected chi connectivity index (χ0v) is 14.4. The monoisotopic (exact) mass is 340 g/mol. The van der Waals surface area contributed by atoms with Crippen LogP contribution in [0.2, 0.25) is 0 Å². The lowest BCUT2D eigenvalue weighted by Crippen LogP contribution is -2.25. The van der Waals surface area contributed by atoms with Gasteiger partial charge in [-0.25, -0.2) is 0 Å². The summed E-state index contributed by atoms with van der Waals surface area (Å²) in [5, 5.41) is 13.6. The number of nitrogens with one attached hydrogen (secondary N) is 1. The van der Waals surface area contributed by atoms with E-state index >= 15 is 0 Å². The van der Waals surface area contributed by atoms with Crippen molar-refractivity contribution < 1.29 is 14.5 Å². The second-order valence-corrected chi connectivity index (χ2v) is 6.19. The highest BCUT2D eigenvalue weighted by Gasteiger charge is 2.25. The number of nitrogens with zero attached hydrogens (tertiary/aromatic N) is 1. The summed E-state index contributed by atoms with van der Waals surface area (Å²) in [6.07, 6.45) is 0. The summed E-state index contributed by atoms with van der Waals surface area (Å²) >= 11 is 0. The fraction of sp³-hybridized carbons (Fsp3) is 0.263. The molecule has 0 aliphatic heterocycles. The van der Waals surface area contributed by atoms with E-state index in [-0.39, 0.29) is 23.3 Å². The van der Waals surface area contributed by atoms with E-state index < -0.39 is 10.8 Å². The summed E-state index contributed by atoms with van der Waals surface area (Å²) < 4.78 is 0. The van der Waals surface area contributed by atoms with Crippen molar-refractivity contribution in [3.05, 3.63) is 69.8 Å². The van der Waals surface area contributed by atoms with Crippen LogP contribution in [0.25, 0.3) is 0 Å². The standard InChI is InChI=1S/C19H20N2O4/c1-12(2)18(15-6-10-17(11-7-15)21(24)25)19(23)20-16-8-4-14(5-9-16)13(3)22/h4-12,18H,1-3H3,(H,20,23). The van der Waals surface area contributed by atoms with Gasteiger partial charge in [-0.1, -0.05) is 26.0 Å². The summed E-state index contributed by atoms with van der Waals surface area (Å²) in [7, 11) is 0. The molecule has 25 heavy (non-hydrogen) atoms. The Morgan fingerprint density at radius 1 is 1.00 bits per heavy atom. The number of ketones is 1. The summed E-state index contributed by atoms with van der Waals surface area (Å²) in [4.78, 5) is 34.3. The van der Waals surface area contributed by atoms with Gasteiger partial charge in [0.05, 0.1) is 10.8 Å². The average Bonchev–Trinajstić information content (AvgIpc) is 2.55. The molecule has 0 aliphatic rings. The molecule has 1 N–H and O–H groups in total. The van der Waals surface area contributed by atoms with Crippen molar-refractivity contribution in [3.63, 3.8) is 0 Å². The first-order valence-corrected chi connectivity index (χ1v) is 7.96. The van der Waals surface area contributed by atoms with Gasteiger partial charge in [-0.05, 0) is 42.7 Å². The Bertz CT molecular complexity index is 780. The number of carbonyl (C=O) groups excluding carboxylic acids is 2. The van der Waals surface area contributed by atoms with Crippen molar-refractivity contribution in [2.45, 2.75) is 26.7 Å². The van der Waals surface area contributed by atoms with Crippen LogP contribution in [-0.4, -0.2) is 16.6 Å². The van der Waals surface area contributed by atoms with Crippen LogP contribution in [0.1, 0.15) is 42.6 Å². The molecule has 130 valence electrons. The van der Waals surface area contributed by atoms with Crippen molar-refractivity contribution in [1.29, 1.82) is 0 Å². The van der Waals surface area contributed by atoms with Gasteiger partial charge in [0.2, 0.25) is 5.91 Å². The highest BCUT2D eigenvalue weighted by Crippen LogP contribution is 2.28. The smallest absolute Gasteiger partial charge is 0.269 e. The first-order valence-electron chi connectivity index (χ1n) is 7.96. The predicted octanol–water partition coefficient (Wildman–Crippen LogP) is 4.18. The zero-order valence-electron chi connectivity index (χ0n) is 14.4. The maximum Gasteiger partial charge on any atom is 0.269 e. The number of amides is 1. The van der Waals surface area contributed by atoms with Crippen LogP contribution in [-0.2, 0) is 4.79 Å². The predicted molar refractivity (Wildman–Crippen MR) is 95.8 cm³/mol. The minimum Gasteiger partial charge on any atom is -0.326 e. The molecule has 0 saturated carbocycles. The molecule has 0 saturated heterocycles. The average molecular weight is 340 g/mol. The minimum atomic E-state index is -0.467. The van der Waals surface area contributed by atoms with E-state index in [1.807, 2.05) is 13.8 Å². The van der Waals surface area contributed by atoms with E-state index in [1.54, 1.807) is 36.4 Å². The third-order valence-electron chi connectivity index (χ3n) is 3.97. The third-order valence-corrected chi connectivity index (χ3v) is 3.97. The molecule has 0 bridgehead atoms. The highest BCUT2D eigenvalue weighted by atomic mass is 16.6. The van der Waals surface area contributed by atoms with E-state index in [0.717, 1.165) is 5.56 Å². The fourth-order valence-electron chi connectivity index (χ4n) is 2.65. The molecule has 0 fully saturated rings. The van der Waals surface area contributed by atoms with Crippen LogP contribution in [0, 0.1) is 16.0 Å². The lowest BCUT2D eigenvalue weighted by Gasteiger charge is -2.20. The van der Waals surface area contributed by atoms with Gasteiger partial charge in [0, 0.05) is 23.4 Å². The van der Waals surface area contributed by atoms with Crippen molar-refractivity contribution in [2.75, 3.05) is 5.32 Å². The molecule has 0 aromatic heterocycles. The number of hydrogen-bond acceptors (Lipinski definition) is 4. The molecule has 2 aromatic carbocycles. The Labute approximate surface area is 146 Å². The number of non-ortho nitro benzene ring substituents is 1. The number of carbonyl (C=O) groups is 2. The zero-order chi connectivity index (χ0) is 18.6. The Balaban J connectivity index is 2.20. The second-order valence-electron chi connectivity index (χ2n) is 6.19. The summed E-state index contributed by atoms with van der Waals surface area (Å²) in [6.45, 7) is 5.33. The summed E-state index contributed by atoms with van der Waals surface area (Å²) in [5.41, 5.74) is 1.89. The van der Waals surface area contributed by atoms with Crippen molar-refractivity contribution in [2.24, 2.45) is 5.92 Å². The van der Waals surface area contributed by atoms with Crippen LogP contribution in [0.3, 0.4) is 0 Å². The largest absolute Gasteiger partial charge is 0.326 e. The number of anilines is 1. The van der Waals surface area contributed by atoms with Crippen LogP contribution in [0.15, 0.2) is 48.5 Å². The molecule has 2 rings (SSSR count). The topological polar surface area (TPSA) is 89.3 Å². The molecule has 1 unspecified atom stereocenters. The van der Waals surface area contributed by atoms with Gasteiger partial charge >= 0.3 is 0 Å². The lowest BCUT2D eigenvalue weighted by atomic mass is 9.87. The van der Waals surface area contributed by atoms with Gasteiger partial charge in [-0.3, -0.25) is 19.7 Å².